The molecule has 171 valence electrons. The van der Waals surface area contributed by atoms with Gasteiger partial charge in [0, 0.05) is 12.6 Å². The molecule has 3 heterocycles. The molecular weight excluding hydrogens is 433 g/mol. The van der Waals surface area contributed by atoms with Gasteiger partial charge in [0.2, 0.25) is 0 Å². The van der Waals surface area contributed by atoms with Crippen LogP contribution >= 0.6 is 0 Å². The van der Waals surface area contributed by atoms with Crippen molar-refractivity contribution in [3.8, 4) is 18.0 Å². The van der Waals surface area contributed by atoms with Crippen molar-refractivity contribution >= 4 is 47.4 Å². The fourth-order valence-electron chi connectivity index (χ4n) is 3.54. The molecule has 8 heteroatoms. The van der Waals surface area contributed by atoms with Crippen molar-refractivity contribution in [3.63, 3.8) is 0 Å². The number of aliphatic imine (C=N–C) groups is 1. The molecule has 2 aromatic heterocycles. The van der Waals surface area contributed by atoms with Crippen molar-refractivity contribution in [2.75, 3.05) is 17.7 Å². The minimum absolute atomic E-state index is 0.514. The Morgan fingerprint density at radius 3 is 2.63 bits per heavy atom. The third-order valence-corrected chi connectivity index (χ3v) is 5.52. The minimum atomic E-state index is 0.514. The third kappa shape index (κ3) is 5.36. The Balaban J connectivity index is 0.000000243. The summed E-state index contributed by atoms with van der Waals surface area (Å²) in [6.45, 7) is 4.12. The first-order valence-corrected chi connectivity index (χ1v) is 11.2. The number of aromatic nitrogens is 4. The fraction of sp³-hybridized carbons (Fsp3) is 0.148. The van der Waals surface area contributed by atoms with Crippen molar-refractivity contribution in [2.24, 2.45) is 4.99 Å². The fourth-order valence-corrected chi connectivity index (χ4v) is 3.54. The summed E-state index contributed by atoms with van der Waals surface area (Å²) >= 11 is 0. The van der Waals surface area contributed by atoms with E-state index in [9.17, 15) is 0 Å². The Kier molecular flexibility index (Phi) is 7.17. The summed E-state index contributed by atoms with van der Waals surface area (Å²) in [6, 6.07) is 15.9. The molecule has 0 aliphatic carbocycles. The van der Waals surface area contributed by atoms with Crippen molar-refractivity contribution in [3.05, 3.63) is 77.6 Å². The topological polar surface area (TPSA) is 80.0 Å². The Morgan fingerprint density at radius 1 is 1.14 bits per heavy atom. The SMILES string of the molecule is C#Cc1ccc(CC)cc1.[B]=C1Nc2ccc(-n3nnc4cnc(/C(C)=C/C=NC)cc43)cc2N1. The predicted molar refractivity (Wildman–Crippen MR) is 146 cm³/mol. The molecule has 0 saturated heterocycles. The monoisotopic (exact) mass is 458 g/mol. The van der Waals surface area contributed by atoms with Gasteiger partial charge >= 0.3 is 133 Å². The van der Waals surface area contributed by atoms with Crippen LogP contribution in [0.15, 0.2) is 65.8 Å². The number of benzene rings is 2. The Hall–Kier alpha value is -4.51. The summed E-state index contributed by atoms with van der Waals surface area (Å²) in [5.74, 6) is 2.58. The van der Waals surface area contributed by atoms with Gasteiger partial charge in [0.1, 0.15) is 0 Å². The molecule has 7 nitrogen and oxygen atoms in total. The molecule has 0 spiro atoms. The number of allylic oxidation sites excluding steroid dienone is 2. The number of nitrogens with zero attached hydrogens (tertiary/aromatic N) is 5. The Labute approximate surface area is 206 Å². The van der Waals surface area contributed by atoms with Crippen LogP contribution in [0, 0.1) is 12.3 Å². The van der Waals surface area contributed by atoms with Gasteiger partial charge in [0.15, 0.2) is 0 Å². The van der Waals surface area contributed by atoms with Crippen LogP contribution in [0.4, 0.5) is 11.4 Å². The molecule has 0 unspecified atom stereocenters. The van der Waals surface area contributed by atoms with E-state index in [2.05, 4.69) is 55.9 Å². The first-order chi connectivity index (χ1) is 17.0. The van der Waals surface area contributed by atoms with Gasteiger partial charge < -0.3 is 0 Å². The molecule has 0 amide bonds. The maximum absolute atomic E-state index is 5.77. The van der Waals surface area contributed by atoms with E-state index >= 15 is 0 Å². The van der Waals surface area contributed by atoms with Crippen molar-refractivity contribution in [1.29, 1.82) is 0 Å². The van der Waals surface area contributed by atoms with Gasteiger partial charge in [-0.25, -0.2) is 0 Å². The van der Waals surface area contributed by atoms with Crippen molar-refractivity contribution in [1.82, 2.24) is 20.0 Å². The van der Waals surface area contributed by atoms with Crippen LogP contribution in [-0.4, -0.2) is 46.4 Å². The van der Waals surface area contributed by atoms with Gasteiger partial charge in [-0.05, 0) is 24.1 Å². The van der Waals surface area contributed by atoms with Crippen molar-refractivity contribution in [2.45, 2.75) is 20.3 Å². The van der Waals surface area contributed by atoms with Crippen LogP contribution < -0.4 is 10.6 Å². The quantitative estimate of drug-likeness (QED) is 0.272. The van der Waals surface area contributed by atoms with E-state index in [0.717, 1.165) is 51.3 Å². The number of rotatable bonds is 4. The van der Waals surface area contributed by atoms with Gasteiger partial charge in [-0.1, -0.05) is 25.0 Å². The van der Waals surface area contributed by atoms with E-state index in [1.165, 1.54) is 5.56 Å². The normalized spacial score (nSPS) is 12.5. The molecule has 2 N–H and O–H groups in total. The molecule has 35 heavy (non-hydrogen) atoms. The molecule has 5 rings (SSSR count). The number of hydrogen-bond acceptors (Lipinski definition) is 6. The summed E-state index contributed by atoms with van der Waals surface area (Å²) in [5.41, 5.74) is 9.02. The molecule has 1 radical (unpaired) electrons. The number of anilines is 2. The third-order valence-electron chi connectivity index (χ3n) is 5.52. The average Bonchev–Trinajstić information content (AvgIpc) is 3.49. The van der Waals surface area contributed by atoms with Crippen molar-refractivity contribution < 1.29 is 0 Å². The van der Waals surface area contributed by atoms with Gasteiger partial charge in [-0.15, -0.1) is 6.42 Å². The average molecular weight is 458 g/mol. The zero-order valence-corrected chi connectivity index (χ0v) is 19.9. The zero-order valence-electron chi connectivity index (χ0n) is 19.9. The van der Waals surface area contributed by atoms with Gasteiger partial charge in [-0.3, -0.25) is 4.99 Å². The maximum atomic E-state index is 5.77. The standard InChI is InChI=1S/C17H15BN7.C10H10/c1-10(5-6-19-2)13-8-16-15(9-20-13)23-24-25(16)11-3-4-12-14(7-11)22-17(18)21-12;1-3-9-5-7-10(4-2)8-6-9/h3-9,21-22H,1-2H3;1,5-8H,4H2,2H3/b10-5+,19-6?;. The van der Waals surface area contributed by atoms with E-state index < -0.39 is 0 Å². The van der Waals surface area contributed by atoms with Gasteiger partial charge in [0.05, 0.1) is 0 Å². The van der Waals surface area contributed by atoms with E-state index in [0.29, 0.717) is 5.71 Å². The molecule has 0 atom stereocenters. The Bertz CT molecular complexity index is 1470. The number of nitrogens with one attached hydrogen (secondary N) is 2. The number of terminal acetylenes is 1. The van der Waals surface area contributed by atoms with Crippen LogP contribution in [0.25, 0.3) is 22.3 Å². The number of hydrogen-bond donors (Lipinski definition) is 2. The molecule has 4 aromatic rings. The second kappa shape index (κ2) is 10.6. The summed E-state index contributed by atoms with van der Waals surface area (Å²) in [5, 5.41) is 14.6. The second-order valence-corrected chi connectivity index (χ2v) is 7.90. The van der Waals surface area contributed by atoms with Gasteiger partial charge in [0.25, 0.3) is 0 Å². The van der Waals surface area contributed by atoms with E-state index in [1.807, 2.05) is 49.4 Å². The Morgan fingerprint density at radius 2 is 1.91 bits per heavy atom. The van der Waals surface area contributed by atoms with Gasteiger partial charge in [-0.2, -0.15) is 0 Å². The molecule has 0 saturated carbocycles. The second-order valence-electron chi connectivity index (χ2n) is 7.90. The molecule has 0 bridgehead atoms. The summed E-state index contributed by atoms with van der Waals surface area (Å²) in [7, 11) is 7.51. The molecule has 1 aliphatic heterocycles. The van der Waals surface area contributed by atoms with E-state index in [1.54, 1.807) is 24.1 Å². The summed E-state index contributed by atoms with van der Waals surface area (Å²) in [6.07, 6.45) is 11.7. The molecule has 1 aliphatic rings. The summed E-state index contributed by atoms with van der Waals surface area (Å²) < 4.78 is 1.79. The van der Waals surface area contributed by atoms with Crippen LogP contribution in [-0.2, 0) is 6.42 Å². The van der Waals surface area contributed by atoms with E-state index in [4.69, 9.17) is 13.9 Å². The van der Waals surface area contributed by atoms with E-state index in [-0.39, 0.29) is 0 Å². The molecular formula is C27H25BN7. The number of aryl methyl sites for hydroxylation is 1. The number of fused-ring (bicyclic) bond motifs is 2. The van der Waals surface area contributed by atoms with Crippen LogP contribution in [0.3, 0.4) is 0 Å². The molecule has 0 fully saturated rings. The molecule has 2 aromatic carbocycles. The first kappa shape index (κ1) is 23.6. The first-order valence-electron chi connectivity index (χ1n) is 11.2. The summed E-state index contributed by atoms with van der Waals surface area (Å²) in [4.78, 5) is 8.42. The zero-order chi connectivity index (χ0) is 24.8. The number of pyridine rings is 1. The van der Waals surface area contributed by atoms with Crippen LogP contribution in [0.1, 0.15) is 30.7 Å². The van der Waals surface area contributed by atoms with Crippen LogP contribution in [0.2, 0.25) is 0 Å². The predicted octanol–water partition coefficient (Wildman–Crippen LogP) is 4.24. The van der Waals surface area contributed by atoms with Crippen LogP contribution in [0.5, 0.6) is 0 Å².